The van der Waals surface area contributed by atoms with Crippen molar-refractivity contribution in [2.45, 2.75) is 51.7 Å². The Labute approximate surface area is 117 Å². The predicted octanol–water partition coefficient (Wildman–Crippen LogP) is 0.600. The molecule has 0 aromatic carbocycles. The molecule has 112 valence electrons. The molecule has 0 aromatic rings. The van der Waals surface area contributed by atoms with Gasteiger partial charge in [0.1, 0.15) is 0 Å². The first kappa shape index (κ1) is 16.4. The maximum absolute atomic E-state index is 12.1. The van der Waals surface area contributed by atoms with Gasteiger partial charge < -0.3 is 15.4 Å². The van der Waals surface area contributed by atoms with Crippen molar-refractivity contribution in [3.63, 3.8) is 0 Å². The predicted molar refractivity (Wildman–Crippen MR) is 77.2 cm³/mol. The highest BCUT2D eigenvalue weighted by molar-refractivity contribution is 5.81. The van der Waals surface area contributed by atoms with Crippen molar-refractivity contribution < 1.29 is 9.53 Å². The third kappa shape index (κ3) is 4.75. The highest BCUT2D eigenvalue weighted by atomic mass is 16.5. The molecule has 0 aromatic heterocycles. The molecule has 1 heterocycles. The van der Waals surface area contributed by atoms with Gasteiger partial charge >= 0.3 is 0 Å². The number of amides is 1. The van der Waals surface area contributed by atoms with E-state index in [9.17, 15) is 4.79 Å². The second-order valence-electron chi connectivity index (χ2n) is 5.23. The molecule has 0 radical (unpaired) electrons. The molecule has 3 atom stereocenters. The molecule has 0 saturated carbocycles. The number of rotatable bonds is 7. The fourth-order valence-electron chi connectivity index (χ4n) is 2.59. The average molecular weight is 271 g/mol. The van der Waals surface area contributed by atoms with E-state index >= 15 is 0 Å². The summed E-state index contributed by atoms with van der Waals surface area (Å²) in [5, 5.41) is 6.48. The van der Waals surface area contributed by atoms with E-state index in [1.54, 1.807) is 7.11 Å². The van der Waals surface area contributed by atoms with Crippen LogP contribution >= 0.6 is 0 Å². The van der Waals surface area contributed by atoms with Gasteiger partial charge in [-0.25, -0.2) is 0 Å². The first-order chi connectivity index (χ1) is 9.13. The maximum atomic E-state index is 12.1. The average Bonchev–Trinajstić information content (AvgIpc) is 2.45. The molecule has 1 fully saturated rings. The molecule has 0 aliphatic carbocycles. The Morgan fingerprint density at radius 1 is 1.47 bits per heavy atom. The van der Waals surface area contributed by atoms with Crippen LogP contribution in [0, 0.1) is 0 Å². The van der Waals surface area contributed by atoms with E-state index in [2.05, 4.69) is 29.4 Å². The third-order valence-electron chi connectivity index (χ3n) is 3.99. The number of nitrogens with zero attached hydrogens (tertiary/aromatic N) is 1. The minimum absolute atomic E-state index is 0.0713. The van der Waals surface area contributed by atoms with Gasteiger partial charge in [0.2, 0.25) is 5.91 Å². The molecule has 5 heteroatoms. The van der Waals surface area contributed by atoms with Crippen LogP contribution in [0.15, 0.2) is 0 Å². The van der Waals surface area contributed by atoms with Gasteiger partial charge in [0.05, 0.1) is 12.6 Å². The van der Waals surface area contributed by atoms with Crippen molar-refractivity contribution in [1.82, 2.24) is 15.5 Å². The van der Waals surface area contributed by atoms with Crippen LogP contribution in [0.4, 0.5) is 0 Å². The van der Waals surface area contributed by atoms with E-state index in [-0.39, 0.29) is 11.9 Å². The van der Waals surface area contributed by atoms with Crippen LogP contribution in [0.3, 0.4) is 0 Å². The normalized spacial score (nSPS) is 26.1. The van der Waals surface area contributed by atoms with Gasteiger partial charge in [-0.3, -0.25) is 9.69 Å². The Balaban J connectivity index is 2.54. The summed E-state index contributed by atoms with van der Waals surface area (Å²) in [7, 11) is 1.64. The second kappa shape index (κ2) is 8.51. The fraction of sp³-hybridized carbons (Fsp3) is 0.929. The van der Waals surface area contributed by atoms with Crippen LogP contribution in [-0.2, 0) is 9.53 Å². The lowest BCUT2D eigenvalue weighted by Crippen LogP contribution is -2.61. The number of piperazine rings is 1. The smallest absolute Gasteiger partial charge is 0.237 e. The lowest BCUT2D eigenvalue weighted by atomic mass is 10.0. The third-order valence-corrected chi connectivity index (χ3v) is 3.99. The minimum Gasteiger partial charge on any atom is -0.383 e. The van der Waals surface area contributed by atoms with Crippen molar-refractivity contribution in [2.75, 3.05) is 33.4 Å². The van der Waals surface area contributed by atoms with Crippen LogP contribution in [0.5, 0.6) is 0 Å². The van der Waals surface area contributed by atoms with E-state index < -0.39 is 0 Å². The Kier molecular flexibility index (Phi) is 7.34. The zero-order chi connectivity index (χ0) is 14.3. The molecular formula is C14H29N3O2. The molecule has 19 heavy (non-hydrogen) atoms. The van der Waals surface area contributed by atoms with Gasteiger partial charge in [-0.1, -0.05) is 13.8 Å². The van der Waals surface area contributed by atoms with Crippen molar-refractivity contribution >= 4 is 5.91 Å². The summed E-state index contributed by atoms with van der Waals surface area (Å²) in [6, 6.07) is 0.876. The summed E-state index contributed by atoms with van der Waals surface area (Å²) in [6.45, 7) is 9.45. The largest absolute Gasteiger partial charge is 0.383 e. The number of methoxy groups -OCH3 is 1. The van der Waals surface area contributed by atoms with Crippen molar-refractivity contribution in [1.29, 1.82) is 0 Å². The van der Waals surface area contributed by atoms with Gasteiger partial charge in [0.15, 0.2) is 0 Å². The second-order valence-corrected chi connectivity index (χ2v) is 5.23. The molecule has 3 unspecified atom stereocenters. The summed E-state index contributed by atoms with van der Waals surface area (Å²) in [5.41, 5.74) is 0. The van der Waals surface area contributed by atoms with Crippen LogP contribution in [0.25, 0.3) is 0 Å². The van der Waals surface area contributed by atoms with E-state index in [0.29, 0.717) is 25.2 Å². The van der Waals surface area contributed by atoms with E-state index in [0.717, 1.165) is 25.9 Å². The van der Waals surface area contributed by atoms with Gasteiger partial charge in [-0.15, -0.1) is 0 Å². The van der Waals surface area contributed by atoms with Gasteiger partial charge in [0, 0.05) is 38.8 Å². The highest BCUT2D eigenvalue weighted by Gasteiger charge is 2.32. The summed E-state index contributed by atoms with van der Waals surface area (Å²) in [5.74, 6) is 0.104. The number of carbonyl (C=O) groups is 1. The summed E-state index contributed by atoms with van der Waals surface area (Å²) >= 11 is 0. The van der Waals surface area contributed by atoms with E-state index in [1.807, 2.05) is 6.92 Å². The lowest BCUT2D eigenvalue weighted by Gasteiger charge is -2.42. The molecule has 2 N–H and O–H groups in total. The Morgan fingerprint density at radius 3 is 2.79 bits per heavy atom. The summed E-state index contributed by atoms with van der Waals surface area (Å²) in [4.78, 5) is 14.5. The number of hydrogen-bond acceptors (Lipinski definition) is 4. The number of ether oxygens (including phenoxy) is 1. The topological polar surface area (TPSA) is 53.6 Å². The number of hydrogen-bond donors (Lipinski definition) is 2. The molecule has 0 spiro atoms. The van der Waals surface area contributed by atoms with Gasteiger partial charge in [-0.2, -0.15) is 0 Å². The van der Waals surface area contributed by atoms with Crippen molar-refractivity contribution in [3.05, 3.63) is 0 Å². The van der Waals surface area contributed by atoms with E-state index in [4.69, 9.17) is 4.74 Å². The number of nitrogens with one attached hydrogen (secondary N) is 2. The molecular weight excluding hydrogens is 242 g/mol. The Hall–Kier alpha value is -0.650. The lowest BCUT2D eigenvalue weighted by molar-refractivity contribution is -0.127. The van der Waals surface area contributed by atoms with Crippen molar-refractivity contribution in [2.24, 2.45) is 0 Å². The summed E-state index contributed by atoms with van der Waals surface area (Å²) < 4.78 is 4.96. The SMILES string of the molecule is CCC1CN(C(C)C(=O)NCCOC)C(CC)CN1. The van der Waals surface area contributed by atoms with Crippen LogP contribution in [0.1, 0.15) is 33.6 Å². The molecule has 0 bridgehead atoms. The molecule has 1 rings (SSSR count). The quantitative estimate of drug-likeness (QED) is 0.666. The molecule has 1 aliphatic heterocycles. The first-order valence-electron chi connectivity index (χ1n) is 7.39. The first-order valence-corrected chi connectivity index (χ1v) is 7.39. The minimum atomic E-state index is -0.0713. The summed E-state index contributed by atoms with van der Waals surface area (Å²) in [6.07, 6.45) is 2.17. The van der Waals surface area contributed by atoms with Crippen LogP contribution in [0.2, 0.25) is 0 Å². The molecule has 1 amide bonds. The van der Waals surface area contributed by atoms with E-state index in [1.165, 1.54) is 0 Å². The monoisotopic (exact) mass is 271 g/mol. The van der Waals surface area contributed by atoms with Crippen LogP contribution < -0.4 is 10.6 Å². The Morgan fingerprint density at radius 2 is 2.21 bits per heavy atom. The Bertz CT molecular complexity index is 273. The number of carbonyl (C=O) groups excluding carboxylic acids is 1. The zero-order valence-electron chi connectivity index (χ0n) is 12.7. The highest BCUT2D eigenvalue weighted by Crippen LogP contribution is 2.15. The van der Waals surface area contributed by atoms with Crippen molar-refractivity contribution in [3.8, 4) is 0 Å². The maximum Gasteiger partial charge on any atom is 0.237 e. The van der Waals surface area contributed by atoms with Gasteiger partial charge in [0.25, 0.3) is 0 Å². The van der Waals surface area contributed by atoms with Crippen LogP contribution in [-0.4, -0.2) is 62.3 Å². The standard InChI is InChI=1S/C14H29N3O2/c1-5-12-10-17(13(6-2)9-16-12)11(3)14(18)15-7-8-19-4/h11-13,16H,5-10H2,1-4H3,(H,15,18). The van der Waals surface area contributed by atoms with Gasteiger partial charge in [-0.05, 0) is 19.8 Å². The molecule has 5 nitrogen and oxygen atoms in total. The molecule has 1 saturated heterocycles. The zero-order valence-corrected chi connectivity index (χ0v) is 12.7. The fourth-order valence-corrected chi connectivity index (χ4v) is 2.59. The molecule has 1 aliphatic rings.